The van der Waals surface area contributed by atoms with E-state index >= 15 is 0 Å². The number of hydrogen-bond acceptors (Lipinski definition) is 3. The van der Waals surface area contributed by atoms with Crippen LogP contribution in [0.25, 0.3) is 11.3 Å². The molecule has 0 saturated heterocycles. The van der Waals surface area contributed by atoms with Crippen molar-refractivity contribution < 1.29 is 9.18 Å². The third-order valence-electron chi connectivity index (χ3n) is 3.51. The number of halogens is 1. The number of carbonyl (C=O) groups is 1. The van der Waals surface area contributed by atoms with Crippen LogP contribution >= 0.6 is 11.3 Å². The zero-order valence-electron chi connectivity index (χ0n) is 12.0. The second kappa shape index (κ2) is 6.18. The molecular weight excluding hydrogens is 315 g/mol. The number of amides is 1. The molecule has 0 unspecified atom stereocenters. The number of nitrogens with two attached hydrogens (primary N) is 1. The molecule has 0 aliphatic rings. The summed E-state index contributed by atoms with van der Waals surface area (Å²) in [6.45, 7) is 0.297. The Bertz CT molecular complexity index is 913. The van der Waals surface area contributed by atoms with E-state index in [1.807, 2.05) is 0 Å². The van der Waals surface area contributed by atoms with Gasteiger partial charge in [-0.3, -0.25) is 14.2 Å². The van der Waals surface area contributed by atoms with Gasteiger partial charge in [0.05, 0.1) is 12.2 Å². The smallest absolute Gasteiger partial charge is 0.307 e. The summed E-state index contributed by atoms with van der Waals surface area (Å²) < 4.78 is 15.5. The third-order valence-corrected chi connectivity index (χ3v) is 4.27. The van der Waals surface area contributed by atoms with Crippen molar-refractivity contribution in [2.45, 2.75) is 6.54 Å². The predicted molar refractivity (Wildman–Crippen MR) is 88.0 cm³/mol. The fourth-order valence-corrected chi connectivity index (χ4v) is 3.07. The van der Waals surface area contributed by atoms with Gasteiger partial charge in [-0.05, 0) is 29.8 Å². The second-order valence-electron chi connectivity index (χ2n) is 5.01. The second-order valence-corrected chi connectivity index (χ2v) is 5.83. The van der Waals surface area contributed by atoms with E-state index < -0.39 is 5.91 Å². The van der Waals surface area contributed by atoms with Gasteiger partial charge in [0, 0.05) is 16.5 Å². The Kier molecular flexibility index (Phi) is 4.08. The summed E-state index contributed by atoms with van der Waals surface area (Å²) in [5.41, 5.74) is 7.36. The average molecular weight is 328 g/mol. The summed E-state index contributed by atoms with van der Waals surface area (Å²) in [4.78, 5) is 23.0. The van der Waals surface area contributed by atoms with Crippen molar-refractivity contribution in [3.05, 3.63) is 80.5 Å². The van der Waals surface area contributed by atoms with Crippen molar-refractivity contribution in [2.24, 2.45) is 5.73 Å². The SMILES string of the molecule is NC(=O)c1ccc(Cn2c(-c3ccccc3F)csc2=O)cc1. The molecule has 1 heterocycles. The largest absolute Gasteiger partial charge is 0.366 e. The van der Waals surface area contributed by atoms with Gasteiger partial charge in [-0.15, -0.1) is 0 Å². The highest BCUT2D eigenvalue weighted by atomic mass is 32.1. The lowest BCUT2D eigenvalue weighted by molar-refractivity contribution is 0.100. The highest BCUT2D eigenvalue weighted by molar-refractivity contribution is 7.07. The third kappa shape index (κ3) is 3.07. The van der Waals surface area contributed by atoms with Gasteiger partial charge >= 0.3 is 4.87 Å². The zero-order chi connectivity index (χ0) is 16.4. The normalized spacial score (nSPS) is 10.7. The number of primary amides is 1. The summed E-state index contributed by atoms with van der Waals surface area (Å²) in [6.07, 6.45) is 0. The van der Waals surface area contributed by atoms with Gasteiger partial charge in [0.15, 0.2) is 0 Å². The van der Waals surface area contributed by atoms with Gasteiger partial charge in [-0.1, -0.05) is 35.6 Å². The van der Waals surface area contributed by atoms with Crippen LogP contribution in [0, 0.1) is 5.82 Å². The Morgan fingerprint density at radius 1 is 1.13 bits per heavy atom. The van der Waals surface area contributed by atoms with Crippen LogP contribution in [0.4, 0.5) is 4.39 Å². The van der Waals surface area contributed by atoms with Crippen molar-refractivity contribution in [3.8, 4) is 11.3 Å². The lowest BCUT2D eigenvalue weighted by Gasteiger charge is -2.09. The molecule has 0 radical (unpaired) electrons. The first-order valence-corrected chi connectivity index (χ1v) is 7.76. The van der Waals surface area contributed by atoms with Crippen LogP contribution in [0.1, 0.15) is 15.9 Å². The molecule has 2 aromatic carbocycles. The Morgan fingerprint density at radius 3 is 2.48 bits per heavy atom. The van der Waals surface area contributed by atoms with Crippen molar-refractivity contribution >= 4 is 17.2 Å². The minimum absolute atomic E-state index is 0.165. The summed E-state index contributed by atoms with van der Waals surface area (Å²) in [5, 5.41) is 1.65. The van der Waals surface area contributed by atoms with Crippen molar-refractivity contribution in [1.29, 1.82) is 0 Å². The molecule has 0 spiro atoms. The maximum atomic E-state index is 14.0. The van der Waals surface area contributed by atoms with Crippen LogP contribution in [-0.2, 0) is 6.54 Å². The lowest BCUT2D eigenvalue weighted by Crippen LogP contribution is -2.16. The van der Waals surface area contributed by atoms with E-state index in [2.05, 4.69) is 0 Å². The quantitative estimate of drug-likeness (QED) is 0.800. The fraction of sp³-hybridized carbons (Fsp3) is 0.0588. The summed E-state index contributed by atoms with van der Waals surface area (Å²) in [7, 11) is 0. The molecule has 2 N–H and O–H groups in total. The molecule has 6 heteroatoms. The summed E-state index contributed by atoms with van der Waals surface area (Å²) in [5.74, 6) is -0.876. The Balaban J connectivity index is 1.98. The Morgan fingerprint density at radius 2 is 1.83 bits per heavy atom. The van der Waals surface area contributed by atoms with E-state index in [4.69, 9.17) is 5.73 Å². The van der Waals surface area contributed by atoms with E-state index in [0.29, 0.717) is 23.4 Å². The van der Waals surface area contributed by atoms with Crippen LogP contribution in [0.15, 0.2) is 58.7 Å². The monoisotopic (exact) mass is 328 g/mol. The first kappa shape index (κ1) is 15.2. The molecule has 0 aliphatic carbocycles. The van der Waals surface area contributed by atoms with Crippen LogP contribution in [0.3, 0.4) is 0 Å². The number of aromatic nitrogens is 1. The zero-order valence-corrected chi connectivity index (χ0v) is 12.8. The van der Waals surface area contributed by atoms with Crippen molar-refractivity contribution in [3.63, 3.8) is 0 Å². The Hall–Kier alpha value is -2.73. The molecule has 1 amide bonds. The highest BCUT2D eigenvalue weighted by Crippen LogP contribution is 2.23. The summed E-state index contributed by atoms with van der Waals surface area (Å²) >= 11 is 1.03. The minimum atomic E-state index is -0.503. The van der Waals surface area contributed by atoms with E-state index in [9.17, 15) is 14.0 Å². The molecule has 0 saturated carbocycles. The van der Waals surface area contributed by atoms with Gasteiger partial charge < -0.3 is 5.73 Å². The van der Waals surface area contributed by atoms with Crippen LogP contribution in [0.2, 0.25) is 0 Å². The van der Waals surface area contributed by atoms with E-state index in [0.717, 1.165) is 16.9 Å². The number of rotatable bonds is 4. The fourth-order valence-electron chi connectivity index (χ4n) is 2.32. The number of benzene rings is 2. The van der Waals surface area contributed by atoms with Gasteiger partial charge in [0.1, 0.15) is 5.82 Å². The standard InChI is InChI=1S/C17H13FN2O2S/c18-14-4-2-1-3-13(14)15-10-23-17(22)20(15)9-11-5-7-12(8-6-11)16(19)21/h1-8,10H,9H2,(H2,19,21). The number of carbonyl (C=O) groups excluding carboxylic acids is 1. The molecule has 0 atom stereocenters. The van der Waals surface area contributed by atoms with Crippen LogP contribution in [-0.4, -0.2) is 10.5 Å². The first-order valence-electron chi connectivity index (χ1n) is 6.88. The topological polar surface area (TPSA) is 65.1 Å². The molecule has 1 aromatic heterocycles. The van der Waals surface area contributed by atoms with E-state index in [1.165, 1.54) is 10.6 Å². The number of hydrogen-bond donors (Lipinski definition) is 1. The van der Waals surface area contributed by atoms with Gasteiger partial charge in [0.25, 0.3) is 0 Å². The van der Waals surface area contributed by atoms with Gasteiger partial charge in [-0.25, -0.2) is 4.39 Å². The minimum Gasteiger partial charge on any atom is -0.366 e. The van der Waals surface area contributed by atoms with Crippen LogP contribution in [0.5, 0.6) is 0 Å². The van der Waals surface area contributed by atoms with E-state index in [1.54, 1.807) is 47.8 Å². The van der Waals surface area contributed by atoms with Gasteiger partial charge in [0.2, 0.25) is 5.91 Å². The molecule has 3 rings (SSSR count). The molecule has 0 aliphatic heterocycles. The molecule has 3 aromatic rings. The maximum Gasteiger partial charge on any atom is 0.307 e. The van der Waals surface area contributed by atoms with Crippen molar-refractivity contribution in [2.75, 3.05) is 0 Å². The predicted octanol–water partition coefficient (Wildman–Crippen LogP) is 2.86. The molecule has 0 bridgehead atoms. The van der Waals surface area contributed by atoms with Gasteiger partial charge in [-0.2, -0.15) is 0 Å². The molecule has 116 valence electrons. The average Bonchev–Trinajstić information content (AvgIpc) is 2.89. The van der Waals surface area contributed by atoms with E-state index in [-0.39, 0.29) is 10.7 Å². The lowest BCUT2D eigenvalue weighted by atomic mass is 10.1. The maximum absolute atomic E-state index is 14.0. The molecular formula is C17H13FN2O2S. The first-order chi connectivity index (χ1) is 11.1. The molecule has 23 heavy (non-hydrogen) atoms. The Labute approximate surface area is 135 Å². The van der Waals surface area contributed by atoms with Crippen molar-refractivity contribution in [1.82, 2.24) is 4.57 Å². The highest BCUT2D eigenvalue weighted by Gasteiger charge is 2.13. The number of thiazole rings is 1. The molecule has 0 fully saturated rings. The summed E-state index contributed by atoms with van der Waals surface area (Å²) in [6, 6.07) is 13.0. The van der Waals surface area contributed by atoms with Crippen LogP contribution < -0.4 is 10.6 Å². The molecule has 4 nitrogen and oxygen atoms in total. The number of nitrogens with zero attached hydrogens (tertiary/aromatic N) is 1.